The fourth-order valence-electron chi connectivity index (χ4n) is 1.14. The zero-order valence-corrected chi connectivity index (χ0v) is 9.78. The molecule has 0 aliphatic carbocycles. The van der Waals surface area contributed by atoms with Gasteiger partial charge in [0.05, 0.1) is 10.0 Å². The minimum absolute atomic E-state index is 0.0575. The number of halogens is 4. The van der Waals surface area contributed by atoms with Gasteiger partial charge in [-0.1, -0.05) is 30.1 Å². The average Bonchev–Trinajstić information content (AvgIpc) is 2.23. The van der Waals surface area contributed by atoms with Crippen molar-refractivity contribution >= 4 is 29.0 Å². The Bertz CT molecular complexity index is 408. The molecular formula is C10H8Cl2F2O2. The largest absolute Gasteiger partial charge is 0.432 e. The van der Waals surface area contributed by atoms with Crippen molar-refractivity contribution in [2.75, 3.05) is 0 Å². The van der Waals surface area contributed by atoms with Crippen LogP contribution in [0.5, 0.6) is 5.75 Å². The highest BCUT2D eigenvalue weighted by Gasteiger charge is 2.18. The number of hydrogen-bond donors (Lipinski definition) is 0. The minimum Gasteiger partial charge on any atom is -0.432 e. The normalized spacial score (nSPS) is 10.6. The molecule has 0 aliphatic rings. The monoisotopic (exact) mass is 268 g/mol. The molecule has 1 rings (SSSR count). The summed E-state index contributed by atoms with van der Waals surface area (Å²) in [5, 5.41) is -0.238. The lowest BCUT2D eigenvalue weighted by atomic mass is 10.1. The minimum atomic E-state index is -3.04. The van der Waals surface area contributed by atoms with E-state index in [4.69, 9.17) is 23.2 Å². The number of Topliss-reactive ketones (excluding diaryl/α,β-unsaturated/α-hetero) is 1. The Morgan fingerprint density at radius 3 is 2.56 bits per heavy atom. The van der Waals surface area contributed by atoms with Crippen molar-refractivity contribution in [2.45, 2.75) is 20.0 Å². The van der Waals surface area contributed by atoms with E-state index in [1.54, 1.807) is 6.92 Å². The fourth-order valence-corrected chi connectivity index (χ4v) is 1.70. The highest BCUT2D eigenvalue weighted by Crippen LogP contribution is 2.36. The van der Waals surface area contributed by atoms with E-state index in [1.807, 2.05) is 0 Å². The van der Waals surface area contributed by atoms with Crippen molar-refractivity contribution in [2.24, 2.45) is 0 Å². The Labute approximate surface area is 101 Å². The summed E-state index contributed by atoms with van der Waals surface area (Å²) in [5.41, 5.74) is 0.129. The number of alkyl halides is 2. The first-order valence-corrected chi connectivity index (χ1v) is 5.19. The van der Waals surface area contributed by atoms with Gasteiger partial charge in [0.25, 0.3) is 0 Å². The first-order chi connectivity index (χ1) is 7.47. The lowest BCUT2D eigenvalue weighted by Gasteiger charge is -2.11. The molecule has 0 amide bonds. The SMILES string of the molecule is CCC(=O)c1ccc(Cl)c(OC(F)F)c1Cl. The zero-order valence-electron chi connectivity index (χ0n) is 8.27. The predicted octanol–water partition coefficient (Wildman–Crippen LogP) is 4.19. The van der Waals surface area contributed by atoms with Crippen molar-refractivity contribution in [1.29, 1.82) is 0 Å². The molecule has 0 unspecified atom stereocenters. The van der Waals surface area contributed by atoms with Crippen molar-refractivity contribution < 1.29 is 18.3 Å². The summed E-state index contributed by atoms with van der Waals surface area (Å²) in [6, 6.07) is 2.68. The second-order valence-electron chi connectivity index (χ2n) is 2.89. The summed E-state index contributed by atoms with van der Waals surface area (Å²) in [5.74, 6) is -0.626. The molecule has 88 valence electrons. The van der Waals surface area contributed by atoms with E-state index in [-0.39, 0.29) is 33.6 Å². The van der Waals surface area contributed by atoms with E-state index in [0.29, 0.717) is 0 Å². The fraction of sp³-hybridized carbons (Fsp3) is 0.300. The molecule has 0 atom stereocenters. The van der Waals surface area contributed by atoms with Gasteiger partial charge in [-0.2, -0.15) is 8.78 Å². The van der Waals surface area contributed by atoms with Gasteiger partial charge >= 0.3 is 6.61 Å². The second kappa shape index (κ2) is 5.46. The molecular weight excluding hydrogens is 261 g/mol. The smallest absolute Gasteiger partial charge is 0.387 e. The topological polar surface area (TPSA) is 26.3 Å². The number of carbonyl (C=O) groups is 1. The van der Waals surface area contributed by atoms with Crippen molar-refractivity contribution in [1.82, 2.24) is 0 Å². The molecule has 0 aromatic heterocycles. The lowest BCUT2D eigenvalue weighted by Crippen LogP contribution is -2.06. The summed E-state index contributed by atoms with van der Waals surface area (Å²) in [6.45, 7) is -1.40. The Balaban J connectivity index is 3.21. The maximum atomic E-state index is 12.1. The summed E-state index contributed by atoms with van der Waals surface area (Å²) in [7, 11) is 0. The van der Waals surface area contributed by atoms with E-state index >= 15 is 0 Å². The first-order valence-electron chi connectivity index (χ1n) is 4.43. The van der Waals surface area contributed by atoms with Gasteiger partial charge in [-0.05, 0) is 12.1 Å². The van der Waals surface area contributed by atoms with Crippen LogP contribution >= 0.6 is 23.2 Å². The molecule has 0 aliphatic heterocycles. The van der Waals surface area contributed by atoms with Crippen LogP contribution in [0, 0.1) is 0 Å². The highest BCUT2D eigenvalue weighted by atomic mass is 35.5. The van der Waals surface area contributed by atoms with E-state index in [0.717, 1.165) is 0 Å². The molecule has 6 heteroatoms. The zero-order chi connectivity index (χ0) is 12.3. The van der Waals surface area contributed by atoms with Gasteiger partial charge in [-0.3, -0.25) is 4.79 Å². The van der Waals surface area contributed by atoms with Crippen molar-refractivity contribution in [3.63, 3.8) is 0 Å². The Morgan fingerprint density at radius 2 is 2.06 bits per heavy atom. The molecule has 1 aromatic rings. The van der Waals surface area contributed by atoms with Gasteiger partial charge in [0.2, 0.25) is 0 Å². The summed E-state index contributed by atoms with van der Waals surface area (Å²) < 4.78 is 28.3. The molecule has 1 aromatic carbocycles. The van der Waals surface area contributed by atoms with Crippen LogP contribution < -0.4 is 4.74 Å². The quantitative estimate of drug-likeness (QED) is 0.766. The molecule has 0 spiro atoms. The van der Waals surface area contributed by atoms with Crippen molar-refractivity contribution in [3.8, 4) is 5.75 Å². The number of rotatable bonds is 4. The summed E-state index contributed by atoms with van der Waals surface area (Å²) >= 11 is 11.4. The molecule has 0 saturated heterocycles. The second-order valence-corrected chi connectivity index (χ2v) is 3.68. The van der Waals surface area contributed by atoms with Crippen LogP contribution in [0.4, 0.5) is 8.78 Å². The highest BCUT2D eigenvalue weighted by molar-refractivity contribution is 6.39. The van der Waals surface area contributed by atoms with Crippen LogP contribution in [0.25, 0.3) is 0 Å². The first kappa shape index (κ1) is 13.2. The number of carbonyl (C=O) groups excluding carboxylic acids is 1. The maximum Gasteiger partial charge on any atom is 0.387 e. The number of hydrogen-bond acceptors (Lipinski definition) is 2. The van der Waals surface area contributed by atoms with Crippen LogP contribution in [0.3, 0.4) is 0 Å². The standard InChI is InChI=1S/C10H8Cl2F2O2/c1-2-7(15)5-3-4-6(11)9(8(5)12)16-10(13)14/h3-4,10H,2H2,1H3. The molecule has 0 saturated carbocycles. The number of ketones is 1. The van der Waals surface area contributed by atoms with Crippen LogP contribution in [-0.4, -0.2) is 12.4 Å². The van der Waals surface area contributed by atoms with Crippen LogP contribution in [-0.2, 0) is 0 Å². The van der Waals surface area contributed by atoms with Gasteiger partial charge in [-0.25, -0.2) is 0 Å². The third kappa shape index (κ3) is 2.83. The van der Waals surface area contributed by atoms with Gasteiger partial charge in [0.1, 0.15) is 0 Å². The Kier molecular flexibility index (Phi) is 4.50. The molecule has 16 heavy (non-hydrogen) atoms. The maximum absolute atomic E-state index is 12.1. The third-order valence-corrected chi connectivity index (χ3v) is 2.55. The van der Waals surface area contributed by atoms with Crippen LogP contribution in [0.1, 0.15) is 23.7 Å². The predicted molar refractivity (Wildman–Crippen MR) is 57.7 cm³/mol. The third-order valence-electron chi connectivity index (χ3n) is 1.88. The van der Waals surface area contributed by atoms with Gasteiger partial charge in [0.15, 0.2) is 11.5 Å². The Morgan fingerprint density at radius 1 is 1.44 bits per heavy atom. The van der Waals surface area contributed by atoms with Gasteiger partial charge < -0.3 is 4.74 Å². The van der Waals surface area contributed by atoms with Crippen LogP contribution in [0.2, 0.25) is 10.0 Å². The molecule has 0 radical (unpaired) electrons. The molecule has 0 heterocycles. The molecule has 0 fully saturated rings. The van der Waals surface area contributed by atoms with Crippen molar-refractivity contribution in [3.05, 3.63) is 27.7 Å². The molecule has 2 nitrogen and oxygen atoms in total. The van der Waals surface area contributed by atoms with Gasteiger partial charge in [-0.15, -0.1) is 0 Å². The Hall–Kier alpha value is -0.870. The number of ether oxygens (including phenoxy) is 1. The molecule has 0 N–H and O–H groups in total. The average molecular weight is 269 g/mol. The van der Waals surface area contributed by atoms with Crippen LogP contribution in [0.15, 0.2) is 12.1 Å². The van der Waals surface area contributed by atoms with Gasteiger partial charge in [0, 0.05) is 12.0 Å². The number of benzene rings is 1. The van der Waals surface area contributed by atoms with E-state index in [1.165, 1.54) is 12.1 Å². The lowest BCUT2D eigenvalue weighted by molar-refractivity contribution is -0.0497. The van der Waals surface area contributed by atoms with E-state index in [2.05, 4.69) is 4.74 Å². The molecule has 0 bridgehead atoms. The summed E-state index contributed by atoms with van der Waals surface area (Å²) in [4.78, 5) is 11.4. The summed E-state index contributed by atoms with van der Waals surface area (Å²) in [6.07, 6.45) is 0.218. The van der Waals surface area contributed by atoms with E-state index < -0.39 is 6.61 Å². The van der Waals surface area contributed by atoms with E-state index in [9.17, 15) is 13.6 Å².